The van der Waals surface area contributed by atoms with Gasteiger partial charge in [0.05, 0.1) is 0 Å². The van der Waals surface area contributed by atoms with E-state index in [2.05, 4.69) is 27.4 Å². The van der Waals surface area contributed by atoms with Gasteiger partial charge in [0.2, 0.25) is 5.91 Å². The highest BCUT2D eigenvalue weighted by Gasteiger charge is 2.39. The normalized spacial score (nSPS) is 21.6. The van der Waals surface area contributed by atoms with Crippen molar-refractivity contribution in [3.8, 4) is 0 Å². The molecule has 2 fully saturated rings. The number of likely N-dealkylation sites (tertiary alicyclic amines) is 1. The summed E-state index contributed by atoms with van der Waals surface area (Å²) in [5.41, 5.74) is 0.514. The number of carbonyl (C=O) groups excluding carboxylic acids is 1. The highest BCUT2D eigenvalue weighted by Crippen LogP contribution is 2.43. The highest BCUT2D eigenvalue weighted by molar-refractivity contribution is 5.85. The van der Waals surface area contributed by atoms with Crippen molar-refractivity contribution < 1.29 is 4.79 Å². The van der Waals surface area contributed by atoms with Gasteiger partial charge in [-0.15, -0.1) is 0 Å². The molecule has 2 N–H and O–H groups in total. The van der Waals surface area contributed by atoms with Crippen LogP contribution in [0.1, 0.15) is 52.4 Å². The zero-order valence-corrected chi connectivity index (χ0v) is 13.6. The van der Waals surface area contributed by atoms with Crippen LogP contribution in [0.5, 0.6) is 0 Å². The summed E-state index contributed by atoms with van der Waals surface area (Å²) in [6.45, 7) is 7.92. The summed E-state index contributed by atoms with van der Waals surface area (Å²) < 4.78 is 0. The first-order valence-electron chi connectivity index (χ1n) is 8.49. The summed E-state index contributed by atoms with van der Waals surface area (Å²) in [6.07, 6.45) is 8.14. The van der Waals surface area contributed by atoms with Crippen LogP contribution < -0.4 is 10.6 Å². The molecule has 0 aromatic rings. The molecular weight excluding hydrogens is 264 g/mol. The van der Waals surface area contributed by atoms with Gasteiger partial charge < -0.3 is 15.5 Å². The standard InChI is InChI=1S/C16H30N4O/c1-3-17-14(21)12-19-15(18-4-2)20-11-10-16(13-20)8-6-5-7-9-16/h3-13H2,1-2H3,(H,17,21)(H,18,19). The number of rotatable bonds is 4. The molecule has 1 saturated carbocycles. The van der Waals surface area contributed by atoms with E-state index in [1.165, 1.54) is 38.5 Å². The Labute approximate surface area is 128 Å². The Kier molecular flexibility index (Phi) is 5.88. The third kappa shape index (κ3) is 4.35. The van der Waals surface area contributed by atoms with E-state index in [4.69, 9.17) is 0 Å². The Hall–Kier alpha value is -1.26. The fourth-order valence-corrected chi connectivity index (χ4v) is 3.65. The maximum atomic E-state index is 11.6. The van der Waals surface area contributed by atoms with Gasteiger partial charge in [-0.1, -0.05) is 19.3 Å². The average Bonchev–Trinajstić information content (AvgIpc) is 2.88. The van der Waals surface area contributed by atoms with Gasteiger partial charge in [-0.3, -0.25) is 4.79 Å². The molecule has 0 atom stereocenters. The van der Waals surface area contributed by atoms with E-state index >= 15 is 0 Å². The van der Waals surface area contributed by atoms with Crippen LogP contribution in [0.25, 0.3) is 0 Å². The number of nitrogens with zero attached hydrogens (tertiary/aromatic N) is 2. The maximum Gasteiger partial charge on any atom is 0.241 e. The highest BCUT2D eigenvalue weighted by atomic mass is 16.1. The summed E-state index contributed by atoms with van der Waals surface area (Å²) in [7, 11) is 0. The Morgan fingerprint density at radius 3 is 2.48 bits per heavy atom. The van der Waals surface area contributed by atoms with Crippen molar-refractivity contribution in [1.82, 2.24) is 15.5 Å². The van der Waals surface area contributed by atoms with Crippen LogP contribution in [-0.2, 0) is 4.79 Å². The van der Waals surface area contributed by atoms with E-state index < -0.39 is 0 Å². The lowest BCUT2D eigenvalue weighted by Crippen LogP contribution is -2.42. The van der Waals surface area contributed by atoms with Gasteiger partial charge in [-0.25, -0.2) is 4.99 Å². The Morgan fingerprint density at radius 2 is 1.81 bits per heavy atom. The number of nitrogens with one attached hydrogen (secondary N) is 2. The van der Waals surface area contributed by atoms with Crippen LogP contribution in [-0.4, -0.2) is 49.5 Å². The summed E-state index contributed by atoms with van der Waals surface area (Å²) in [4.78, 5) is 18.5. The number of amides is 1. The fraction of sp³-hybridized carbons (Fsp3) is 0.875. The molecule has 1 aliphatic carbocycles. The SMILES string of the molecule is CCNC(=O)CN=C(NCC)N1CCC2(CCCCC2)C1. The Balaban J connectivity index is 1.95. The molecule has 1 aliphatic heterocycles. The summed E-state index contributed by atoms with van der Waals surface area (Å²) in [5, 5.41) is 6.14. The minimum atomic E-state index is -0.000482. The first-order valence-corrected chi connectivity index (χ1v) is 8.49. The van der Waals surface area contributed by atoms with Gasteiger partial charge in [0.25, 0.3) is 0 Å². The molecule has 2 rings (SSSR count). The van der Waals surface area contributed by atoms with Gasteiger partial charge in [-0.2, -0.15) is 0 Å². The second-order valence-corrected chi connectivity index (χ2v) is 6.36. The predicted molar refractivity (Wildman–Crippen MR) is 86.4 cm³/mol. The number of hydrogen-bond acceptors (Lipinski definition) is 2. The maximum absolute atomic E-state index is 11.6. The van der Waals surface area contributed by atoms with Crippen molar-refractivity contribution >= 4 is 11.9 Å². The molecule has 1 spiro atoms. The summed E-state index contributed by atoms with van der Waals surface area (Å²) >= 11 is 0. The van der Waals surface area contributed by atoms with Gasteiger partial charge in [0.15, 0.2) is 5.96 Å². The molecule has 21 heavy (non-hydrogen) atoms. The monoisotopic (exact) mass is 294 g/mol. The number of aliphatic imine (C=N–C) groups is 1. The lowest BCUT2D eigenvalue weighted by Gasteiger charge is -2.33. The van der Waals surface area contributed by atoms with Gasteiger partial charge in [-0.05, 0) is 38.5 Å². The van der Waals surface area contributed by atoms with Crippen molar-refractivity contribution in [3.05, 3.63) is 0 Å². The molecule has 2 aliphatic rings. The zero-order valence-electron chi connectivity index (χ0n) is 13.6. The second-order valence-electron chi connectivity index (χ2n) is 6.36. The fourth-order valence-electron chi connectivity index (χ4n) is 3.65. The summed E-state index contributed by atoms with van der Waals surface area (Å²) in [5.74, 6) is 0.908. The van der Waals surface area contributed by atoms with Crippen molar-refractivity contribution in [1.29, 1.82) is 0 Å². The topological polar surface area (TPSA) is 56.7 Å². The predicted octanol–water partition coefficient (Wildman–Crippen LogP) is 1.74. The first kappa shape index (κ1) is 16.1. The smallest absolute Gasteiger partial charge is 0.241 e. The molecule has 1 heterocycles. The molecule has 1 amide bonds. The number of carbonyl (C=O) groups is 1. The molecule has 0 radical (unpaired) electrons. The van der Waals surface area contributed by atoms with E-state index in [1.807, 2.05) is 6.92 Å². The number of guanidine groups is 1. The minimum Gasteiger partial charge on any atom is -0.357 e. The van der Waals surface area contributed by atoms with Crippen LogP contribution >= 0.6 is 0 Å². The van der Waals surface area contributed by atoms with E-state index in [0.29, 0.717) is 12.0 Å². The van der Waals surface area contributed by atoms with Gasteiger partial charge >= 0.3 is 0 Å². The molecule has 0 unspecified atom stereocenters. The number of likely N-dealkylation sites (N-methyl/N-ethyl adjacent to an activating group) is 1. The molecule has 5 heteroatoms. The average molecular weight is 294 g/mol. The molecule has 0 aromatic carbocycles. The molecular formula is C16H30N4O. The van der Waals surface area contributed by atoms with E-state index in [1.54, 1.807) is 0 Å². The minimum absolute atomic E-state index is 0.000482. The Morgan fingerprint density at radius 1 is 1.10 bits per heavy atom. The molecule has 1 saturated heterocycles. The molecule has 0 aromatic heterocycles. The van der Waals surface area contributed by atoms with E-state index in [9.17, 15) is 4.79 Å². The van der Waals surface area contributed by atoms with Crippen LogP contribution in [0.3, 0.4) is 0 Å². The largest absolute Gasteiger partial charge is 0.357 e. The van der Waals surface area contributed by atoms with Crippen LogP contribution in [0.15, 0.2) is 4.99 Å². The molecule has 0 bridgehead atoms. The van der Waals surface area contributed by atoms with Crippen molar-refractivity contribution in [3.63, 3.8) is 0 Å². The van der Waals surface area contributed by atoms with Crippen LogP contribution in [0.4, 0.5) is 0 Å². The van der Waals surface area contributed by atoms with E-state index in [-0.39, 0.29) is 12.5 Å². The van der Waals surface area contributed by atoms with Crippen LogP contribution in [0, 0.1) is 5.41 Å². The van der Waals surface area contributed by atoms with Gasteiger partial charge in [0.1, 0.15) is 6.54 Å². The Bertz CT molecular complexity index is 374. The van der Waals surface area contributed by atoms with Crippen molar-refractivity contribution in [2.45, 2.75) is 52.4 Å². The van der Waals surface area contributed by atoms with Gasteiger partial charge in [0, 0.05) is 26.2 Å². The molecule has 5 nitrogen and oxygen atoms in total. The summed E-state index contributed by atoms with van der Waals surface area (Å²) in [6, 6.07) is 0. The third-order valence-corrected chi connectivity index (χ3v) is 4.73. The zero-order chi connectivity index (χ0) is 15.1. The van der Waals surface area contributed by atoms with Crippen molar-refractivity contribution in [2.75, 3.05) is 32.7 Å². The van der Waals surface area contributed by atoms with E-state index in [0.717, 1.165) is 25.6 Å². The quantitative estimate of drug-likeness (QED) is 0.613. The molecule has 120 valence electrons. The van der Waals surface area contributed by atoms with Crippen LogP contribution in [0.2, 0.25) is 0 Å². The lowest BCUT2D eigenvalue weighted by atomic mass is 9.73. The number of hydrogen-bond donors (Lipinski definition) is 2. The van der Waals surface area contributed by atoms with Crippen molar-refractivity contribution in [2.24, 2.45) is 10.4 Å². The third-order valence-electron chi connectivity index (χ3n) is 4.73. The first-order chi connectivity index (χ1) is 10.2. The second kappa shape index (κ2) is 7.66. The lowest BCUT2D eigenvalue weighted by molar-refractivity contribution is -0.119.